The number of piperazine rings is 1. The number of tetrazole rings is 1. The van der Waals surface area contributed by atoms with E-state index in [4.69, 9.17) is 4.42 Å². The zero-order valence-electron chi connectivity index (χ0n) is 13.8. The lowest BCUT2D eigenvalue weighted by atomic mass is 10.2. The first-order valence-electron chi connectivity index (χ1n) is 7.89. The molecular weight excluding hydrogens is 296 g/mol. The molecular formula is C15H22N6O2. The van der Waals surface area contributed by atoms with Gasteiger partial charge in [0.15, 0.2) is 11.6 Å². The Morgan fingerprint density at radius 3 is 2.61 bits per heavy atom. The molecule has 0 atom stereocenters. The van der Waals surface area contributed by atoms with E-state index in [0.717, 1.165) is 24.7 Å². The monoisotopic (exact) mass is 318 g/mol. The van der Waals surface area contributed by atoms with E-state index in [0.29, 0.717) is 25.4 Å². The van der Waals surface area contributed by atoms with Crippen LogP contribution in [0.2, 0.25) is 0 Å². The third-order valence-corrected chi connectivity index (χ3v) is 4.03. The third-order valence-electron chi connectivity index (χ3n) is 4.03. The van der Waals surface area contributed by atoms with Crippen molar-refractivity contribution in [2.75, 3.05) is 26.2 Å². The topological polar surface area (TPSA) is 80.3 Å². The standard InChI is InChI=1S/C15H22N6O2/c1-11(2)21-14(16-17-18-21)10-19-6-8-20(9-7-19)15(22)13-5-4-12(3)23-13/h4-5,11H,6-10H2,1-3H3. The summed E-state index contributed by atoms with van der Waals surface area (Å²) in [5.41, 5.74) is 0. The van der Waals surface area contributed by atoms with Gasteiger partial charge in [-0.3, -0.25) is 9.69 Å². The molecule has 3 rings (SSSR count). The third kappa shape index (κ3) is 3.42. The number of carbonyl (C=O) groups is 1. The fraction of sp³-hybridized carbons (Fsp3) is 0.600. The molecule has 1 aliphatic heterocycles. The van der Waals surface area contributed by atoms with E-state index >= 15 is 0 Å². The van der Waals surface area contributed by atoms with Crippen molar-refractivity contribution in [1.29, 1.82) is 0 Å². The molecule has 0 unspecified atom stereocenters. The van der Waals surface area contributed by atoms with Crippen molar-refractivity contribution in [2.24, 2.45) is 0 Å². The van der Waals surface area contributed by atoms with Gasteiger partial charge < -0.3 is 9.32 Å². The van der Waals surface area contributed by atoms with Gasteiger partial charge in [0.2, 0.25) is 0 Å². The Morgan fingerprint density at radius 2 is 2.00 bits per heavy atom. The SMILES string of the molecule is Cc1ccc(C(=O)N2CCN(Cc3nnnn3C(C)C)CC2)o1. The lowest BCUT2D eigenvalue weighted by molar-refractivity contribution is 0.0591. The molecule has 1 fully saturated rings. The number of hydrogen-bond donors (Lipinski definition) is 0. The first-order chi connectivity index (χ1) is 11.0. The largest absolute Gasteiger partial charge is 0.456 e. The van der Waals surface area contributed by atoms with E-state index in [2.05, 4.69) is 34.3 Å². The summed E-state index contributed by atoms with van der Waals surface area (Å²) in [5, 5.41) is 11.9. The minimum atomic E-state index is -0.0373. The van der Waals surface area contributed by atoms with Crippen LogP contribution in [0.15, 0.2) is 16.5 Å². The van der Waals surface area contributed by atoms with Gasteiger partial charge in [-0.15, -0.1) is 5.10 Å². The minimum absolute atomic E-state index is 0.0373. The first-order valence-corrected chi connectivity index (χ1v) is 7.89. The molecule has 3 heterocycles. The van der Waals surface area contributed by atoms with Gasteiger partial charge in [0.1, 0.15) is 5.76 Å². The summed E-state index contributed by atoms with van der Waals surface area (Å²) >= 11 is 0. The number of hydrogen-bond acceptors (Lipinski definition) is 6. The summed E-state index contributed by atoms with van der Waals surface area (Å²) < 4.78 is 7.25. The van der Waals surface area contributed by atoms with Crippen LogP contribution in [-0.2, 0) is 6.54 Å². The van der Waals surface area contributed by atoms with Crippen molar-refractivity contribution in [3.8, 4) is 0 Å². The molecule has 1 aliphatic rings. The lowest BCUT2D eigenvalue weighted by Crippen LogP contribution is -2.48. The van der Waals surface area contributed by atoms with Crippen molar-refractivity contribution in [2.45, 2.75) is 33.4 Å². The zero-order valence-corrected chi connectivity index (χ0v) is 13.8. The highest BCUT2D eigenvalue weighted by Crippen LogP contribution is 2.13. The highest BCUT2D eigenvalue weighted by atomic mass is 16.3. The maximum atomic E-state index is 12.4. The van der Waals surface area contributed by atoms with E-state index in [1.54, 1.807) is 6.07 Å². The van der Waals surface area contributed by atoms with Gasteiger partial charge in [-0.1, -0.05) is 0 Å². The van der Waals surface area contributed by atoms with Gasteiger partial charge in [0.25, 0.3) is 5.91 Å². The number of amides is 1. The second-order valence-electron chi connectivity index (χ2n) is 6.11. The average Bonchev–Trinajstić information content (AvgIpc) is 3.16. The summed E-state index contributed by atoms with van der Waals surface area (Å²) in [6, 6.07) is 3.79. The lowest BCUT2D eigenvalue weighted by Gasteiger charge is -2.34. The predicted octanol–water partition coefficient (Wildman–Crippen LogP) is 1.11. The van der Waals surface area contributed by atoms with E-state index in [1.807, 2.05) is 22.6 Å². The van der Waals surface area contributed by atoms with Crippen LogP contribution in [0, 0.1) is 6.92 Å². The van der Waals surface area contributed by atoms with E-state index < -0.39 is 0 Å². The molecule has 0 spiro atoms. The molecule has 0 bridgehead atoms. The van der Waals surface area contributed by atoms with Crippen molar-refractivity contribution >= 4 is 5.91 Å². The van der Waals surface area contributed by atoms with Crippen LogP contribution < -0.4 is 0 Å². The van der Waals surface area contributed by atoms with Gasteiger partial charge >= 0.3 is 0 Å². The van der Waals surface area contributed by atoms with Gasteiger partial charge in [0, 0.05) is 26.2 Å². The molecule has 1 saturated heterocycles. The maximum Gasteiger partial charge on any atom is 0.289 e. The molecule has 2 aromatic heterocycles. The second kappa shape index (κ2) is 6.49. The quantitative estimate of drug-likeness (QED) is 0.840. The number of rotatable bonds is 4. The average molecular weight is 318 g/mol. The highest BCUT2D eigenvalue weighted by molar-refractivity contribution is 5.91. The number of furan rings is 1. The van der Waals surface area contributed by atoms with Crippen LogP contribution in [0.5, 0.6) is 0 Å². The maximum absolute atomic E-state index is 12.4. The Kier molecular flexibility index (Phi) is 4.42. The van der Waals surface area contributed by atoms with Crippen molar-refractivity contribution in [3.63, 3.8) is 0 Å². The summed E-state index contributed by atoms with van der Waals surface area (Å²) in [5.74, 6) is 2.00. The Bertz CT molecular complexity index is 669. The van der Waals surface area contributed by atoms with Crippen LogP contribution in [0.3, 0.4) is 0 Å². The Hall–Kier alpha value is -2.22. The molecule has 0 saturated carbocycles. The van der Waals surface area contributed by atoms with Gasteiger partial charge in [0.05, 0.1) is 12.6 Å². The number of aryl methyl sites for hydroxylation is 1. The van der Waals surface area contributed by atoms with Crippen molar-refractivity contribution in [3.05, 3.63) is 29.5 Å². The fourth-order valence-electron chi connectivity index (χ4n) is 2.73. The summed E-state index contributed by atoms with van der Waals surface area (Å²) in [6.45, 7) is 9.63. The van der Waals surface area contributed by atoms with Crippen LogP contribution in [0.4, 0.5) is 0 Å². The van der Waals surface area contributed by atoms with Gasteiger partial charge in [-0.2, -0.15) is 0 Å². The van der Waals surface area contributed by atoms with Crippen molar-refractivity contribution < 1.29 is 9.21 Å². The van der Waals surface area contributed by atoms with Crippen LogP contribution in [0.1, 0.15) is 42.0 Å². The first kappa shape index (κ1) is 15.7. The molecule has 1 amide bonds. The molecule has 8 heteroatoms. The molecule has 0 radical (unpaired) electrons. The normalized spacial score (nSPS) is 16.3. The number of carbonyl (C=O) groups excluding carboxylic acids is 1. The van der Waals surface area contributed by atoms with Gasteiger partial charge in [-0.25, -0.2) is 4.68 Å². The molecule has 124 valence electrons. The smallest absolute Gasteiger partial charge is 0.289 e. The highest BCUT2D eigenvalue weighted by Gasteiger charge is 2.25. The molecule has 2 aromatic rings. The van der Waals surface area contributed by atoms with E-state index in [-0.39, 0.29) is 11.9 Å². The van der Waals surface area contributed by atoms with E-state index in [1.165, 1.54) is 0 Å². The Morgan fingerprint density at radius 1 is 1.26 bits per heavy atom. The van der Waals surface area contributed by atoms with E-state index in [9.17, 15) is 4.79 Å². The summed E-state index contributed by atoms with van der Waals surface area (Å²) in [6.07, 6.45) is 0. The number of nitrogens with zero attached hydrogens (tertiary/aromatic N) is 6. The molecule has 23 heavy (non-hydrogen) atoms. The zero-order chi connectivity index (χ0) is 16.4. The number of aromatic nitrogens is 4. The molecule has 0 N–H and O–H groups in total. The van der Waals surface area contributed by atoms with Crippen LogP contribution in [0.25, 0.3) is 0 Å². The Labute approximate surface area is 135 Å². The second-order valence-corrected chi connectivity index (χ2v) is 6.11. The summed E-state index contributed by atoms with van der Waals surface area (Å²) in [7, 11) is 0. The van der Waals surface area contributed by atoms with Crippen LogP contribution in [-0.4, -0.2) is 62.1 Å². The Balaban J connectivity index is 1.56. The van der Waals surface area contributed by atoms with Gasteiger partial charge in [-0.05, 0) is 43.3 Å². The predicted molar refractivity (Wildman–Crippen MR) is 82.8 cm³/mol. The molecule has 8 nitrogen and oxygen atoms in total. The fourth-order valence-corrected chi connectivity index (χ4v) is 2.73. The minimum Gasteiger partial charge on any atom is -0.456 e. The molecule has 0 aliphatic carbocycles. The summed E-state index contributed by atoms with van der Waals surface area (Å²) in [4.78, 5) is 16.5. The van der Waals surface area contributed by atoms with Crippen LogP contribution >= 0.6 is 0 Å². The van der Waals surface area contributed by atoms with Crippen molar-refractivity contribution in [1.82, 2.24) is 30.0 Å². The molecule has 0 aromatic carbocycles.